The third kappa shape index (κ3) is 3.04. The molecule has 7 nitrogen and oxygen atoms in total. The molecule has 1 aliphatic rings. The summed E-state index contributed by atoms with van der Waals surface area (Å²) in [6.07, 6.45) is 1.60. The van der Waals surface area contributed by atoms with Gasteiger partial charge < -0.3 is 0 Å². The van der Waals surface area contributed by atoms with Gasteiger partial charge in [-0.25, -0.2) is 18.4 Å². The van der Waals surface area contributed by atoms with Gasteiger partial charge in [-0.05, 0) is 0 Å². The smallest absolute Gasteiger partial charge is 0.256 e. The van der Waals surface area contributed by atoms with Crippen LogP contribution in [-0.4, -0.2) is 41.1 Å². The van der Waals surface area contributed by atoms with Crippen molar-refractivity contribution in [3.8, 4) is 0 Å². The molecule has 3 heterocycles. The second-order valence-electron chi connectivity index (χ2n) is 5.01. The van der Waals surface area contributed by atoms with Crippen molar-refractivity contribution in [3.63, 3.8) is 0 Å². The second kappa shape index (κ2) is 5.32. The molecule has 0 aromatic carbocycles. The molecule has 21 heavy (non-hydrogen) atoms. The lowest BCUT2D eigenvalue weighted by molar-refractivity contribution is 0.238. The van der Waals surface area contributed by atoms with E-state index in [4.69, 9.17) is 0 Å². The Balaban J connectivity index is 1.88. The largest absolute Gasteiger partial charge is 0.297 e. The number of aromatic amines is 1. The third-order valence-corrected chi connectivity index (χ3v) is 4.88. The average Bonchev–Trinajstić information content (AvgIpc) is 2.91. The SMILES string of the molecule is CS(=O)(=O)c1nc2c(c(=O)[nH]1)CN(Cc1cscn1)CC2. The molecule has 0 amide bonds. The zero-order valence-electron chi connectivity index (χ0n) is 11.4. The summed E-state index contributed by atoms with van der Waals surface area (Å²) in [6, 6.07) is 0. The normalized spacial score (nSPS) is 15.9. The van der Waals surface area contributed by atoms with Gasteiger partial charge in [0.1, 0.15) is 0 Å². The van der Waals surface area contributed by atoms with E-state index in [2.05, 4.69) is 19.9 Å². The minimum atomic E-state index is -3.50. The number of sulfone groups is 1. The average molecular weight is 326 g/mol. The fourth-order valence-corrected chi connectivity index (χ4v) is 3.42. The standard InChI is InChI=1S/C12H14N4O3S2/c1-21(18,19)12-14-10-2-3-16(4-8-6-20-7-13-8)5-9(10)11(17)15-12/h6-7H,2-5H2,1H3,(H,14,15,17). The van der Waals surface area contributed by atoms with Crippen molar-refractivity contribution in [2.24, 2.45) is 0 Å². The molecular weight excluding hydrogens is 312 g/mol. The Hall–Kier alpha value is -1.58. The van der Waals surface area contributed by atoms with Gasteiger partial charge in [-0.15, -0.1) is 11.3 Å². The Bertz CT molecular complexity index is 812. The molecule has 9 heteroatoms. The van der Waals surface area contributed by atoms with Crippen LogP contribution in [0.2, 0.25) is 0 Å². The maximum absolute atomic E-state index is 12.1. The van der Waals surface area contributed by atoms with Gasteiger partial charge in [-0.2, -0.15) is 0 Å². The molecule has 0 saturated heterocycles. The van der Waals surface area contributed by atoms with E-state index in [1.807, 2.05) is 5.38 Å². The molecule has 2 aromatic heterocycles. The van der Waals surface area contributed by atoms with Crippen molar-refractivity contribution < 1.29 is 8.42 Å². The van der Waals surface area contributed by atoms with Crippen LogP contribution in [0.3, 0.4) is 0 Å². The molecule has 0 fully saturated rings. The molecule has 0 unspecified atom stereocenters. The van der Waals surface area contributed by atoms with Crippen LogP contribution in [0, 0.1) is 0 Å². The molecule has 1 aliphatic heterocycles. The molecule has 0 spiro atoms. The van der Waals surface area contributed by atoms with E-state index in [9.17, 15) is 13.2 Å². The Kier molecular flexibility index (Phi) is 3.64. The van der Waals surface area contributed by atoms with Crippen LogP contribution in [-0.2, 0) is 29.3 Å². The fourth-order valence-electron chi connectivity index (χ4n) is 2.31. The number of H-pyrrole nitrogens is 1. The first kappa shape index (κ1) is 14.4. The lowest BCUT2D eigenvalue weighted by Crippen LogP contribution is -2.36. The Morgan fingerprint density at radius 2 is 2.29 bits per heavy atom. The predicted molar refractivity (Wildman–Crippen MR) is 77.9 cm³/mol. The summed E-state index contributed by atoms with van der Waals surface area (Å²) in [5, 5.41) is 1.73. The molecule has 1 N–H and O–H groups in total. The van der Waals surface area contributed by atoms with Crippen molar-refractivity contribution in [3.05, 3.63) is 38.2 Å². The van der Waals surface area contributed by atoms with Gasteiger partial charge in [0.05, 0.1) is 22.5 Å². The maximum atomic E-state index is 12.1. The van der Waals surface area contributed by atoms with Crippen LogP contribution >= 0.6 is 11.3 Å². The maximum Gasteiger partial charge on any atom is 0.256 e. The van der Waals surface area contributed by atoms with E-state index in [-0.39, 0.29) is 10.7 Å². The van der Waals surface area contributed by atoms with E-state index in [0.29, 0.717) is 30.8 Å². The first-order chi connectivity index (χ1) is 9.93. The van der Waals surface area contributed by atoms with Crippen LogP contribution < -0.4 is 5.56 Å². The molecule has 2 aromatic rings. The number of nitrogens with one attached hydrogen (secondary N) is 1. The molecule has 0 radical (unpaired) electrons. The van der Waals surface area contributed by atoms with E-state index in [1.165, 1.54) is 11.3 Å². The Labute approximate surface area is 125 Å². The molecule has 0 saturated carbocycles. The van der Waals surface area contributed by atoms with E-state index in [1.54, 1.807) is 5.51 Å². The topological polar surface area (TPSA) is 96.0 Å². The number of hydrogen-bond donors (Lipinski definition) is 1. The Morgan fingerprint density at radius 3 is 2.95 bits per heavy atom. The molecule has 3 rings (SSSR count). The lowest BCUT2D eigenvalue weighted by atomic mass is 10.1. The number of rotatable bonds is 3. The quantitative estimate of drug-likeness (QED) is 0.809. The summed E-state index contributed by atoms with van der Waals surface area (Å²) in [5.74, 6) is 0. The second-order valence-corrected chi connectivity index (χ2v) is 7.66. The number of aromatic nitrogens is 3. The molecule has 0 atom stereocenters. The summed E-state index contributed by atoms with van der Waals surface area (Å²) in [5.41, 5.74) is 3.50. The van der Waals surface area contributed by atoms with Crippen LogP contribution in [0.25, 0.3) is 0 Å². The Morgan fingerprint density at radius 1 is 1.48 bits per heavy atom. The van der Waals surface area contributed by atoms with Gasteiger partial charge in [0.2, 0.25) is 15.0 Å². The van der Waals surface area contributed by atoms with Gasteiger partial charge in [0, 0.05) is 37.7 Å². The minimum Gasteiger partial charge on any atom is -0.297 e. The number of thiazole rings is 1. The molecule has 0 bridgehead atoms. The van der Waals surface area contributed by atoms with Gasteiger partial charge >= 0.3 is 0 Å². The zero-order chi connectivity index (χ0) is 15.0. The number of fused-ring (bicyclic) bond motifs is 1. The molecule has 112 valence electrons. The van der Waals surface area contributed by atoms with Crippen LogP contribution in [0.1, 0.15) is 17.0 Å². The third-order valence-electron chi connectivity index (χ3n) is 3.35. The fraction of sp³-hybridized carbons (Fsp3) is 0.417. The van der Waals surface area contributed by atoms with Gasteiger partial charge in [0.25, 0.3) is 5.56 Å². The van der Waals surface area contributed by atoms with Crippen molar-refractivity contribution in [2.75, 3.05) is 12.8 Å². The lowest BCUT2D eigenvalue weighted by Gasteiger charge is -2.26. The van der Waals surface area contributed by atoms with Crippen LogP contribution in [0.5, 0.6) is 0 Å². The molecular formula is C12H14N4O3S2. The van der Waals surface area contributed by atoms with Crippen LogP contribution in [0.4, 0.5) is 0 Å². The van der Waals surface area contributed by atoms with Gasteiger partial charge in [-0.3, -0.25) is 14.7 Å². The summed E-state index contributed by atoms with van der Waals surface area (Å²) >= 11 is 1.54. The summed E-state index contributed by atoms with van der Waals surface area (Å²) in [7, 11) is -3.50. The van der Waals surface area contributed by atoms with Gasteiger partial charge in [-0.1, -0.05) is 0 Å². The first-order valence-electron chi connectivity index (χ1n) is 6.35. The van der Waals surface area contributed by atoms with E-state index >= 15 is 0 Å². The highest BCUT2D eigenvalue weighted by Crippen LogP contribution is 2.17. The van der Waals surface area contributed by atoms with Crippen LogP contribution in [0.15, 0.2) is 20.8 Å². The van der Waals surface area contributed by atoms with Crippen molar-refractivity contribution in [1.82, 2.24) is 19.9 Å². The van der Waals surface area contributed by atoms with Gasteiger partial charge in [0.15, 0.2) is 0 Å². The first-order valence-corrected chi connectivity index (χ1v) is 9.18. The highest BCUT2D eigenvalue weighted by Gasteiger charge is 2.23. The zero-order valence-corrected chi connectivity index (χ0v) is 13.0. The van der Waals surface area contributed by atoms with Crippen molar-refractivity contribution >= 4 is 21.2 Å². The summed E-state index contributed by atoms with van der Waals surface area (Å²) in [6.45, 7) is 1.86. The monoisotopic (exact) mass is 326 g/mol. The highest BCUT2D eigenvalue weighted by atomic mass is 32.2. The molecule has 0 aliphatic carbocycles. The van der Waals surface area contributed by atoms with Crippen molar-refractivity contribution in [1.29, 1.82) is 0 Å². The van der Waals surface area contributed by atoms with Crippen molar-refractivity contribution in [2.45, 2.75) is 24.7 Å². The number of hydrogen-bond acceptors (Lipinski definition) is 7. The summed E-state index contributed by atoms with van der Waals surface area (Å²) < 4.78 is 23.0. The number of nitrogens with zero attached hydrogens (tertiary/aromatic N) is 3. The summed E-state index contributed by atoms with van der Waals surface area (Å²) in [4.78, 5) is 24.9. The minimum absolute atomic E-state index is 0.251. The highest BCUT2D eigenvalue weighted by molar-refractivity contribution is 7.90. The predicted octanol–water partition coefficient (Wildman–Crippen LogP) is 0.188. The van der Waals surface area contributed by atoms with E-state index in [0.717, 1.165) is 18.5 Å². The van der Waals surface area contributed by atoms with E-state index < -0.39 is 9.84 Å².